The molecule has 114 valence electrons. The van der Waals surface area contributed by atoms with E-state index in [1.807, 2.05) is 6.92 Å². The SMILES string of the molecule is CCOC(c1noc(-c2cc(Br)ccc2O)n1)C(C)(C)C. The lowest BCUT2D eigenvalue weighted by Gasteiger charge is -2.27. The molecule has 0 fully saturated rings. The Balaban J connectivity index is 2.38. The Bertz CT molecular complexity index is 620. The van der Waals surface area contributed by atoms with Gasteiger partial charge in [-0.05, 0) is 30.5 Å². The molecule has 2 rings (SSSR count). The van der Waals surface area contributed by atoms with E-state index in [0.29, 0.717) is 18.0 Å². The van der Waals surface area contributed by atoms with E-state index in [0.717, 1.165) is 4.47 Å². The van der Waals surface area contributed by atoms with Crippen LogP contribution < -0.4 is 0 Å². The van der Waals surface area contributed by atoms with Crippen molar-refractivity contribution in [1.29, 1.82) is 0 Å². The van der Waals surface area contributed by atoms with Crippen molar-refractivity contribution in [3.8, 4) is 17.2 Å². The van der Waals surface area contributed by atoms with Crippen LogP contribution in [0, 0.1) is 5.41 Å². The molecule has 0 aliphatic carbocycles. The number of aromatic nitrogens is 2. The van der Waals surface area contributed by atoms with E-state index >= 15 is 0 Å². The smallest absolute Gasteiger partial charge is 0.261 e. The lowest BCUT2D eigenvalue weighted by atomic mass is 9.88. The molecule has 0 bridgehead atoms. The van der Waals surface area contributed by atoms with Gasteiger partial charge in [0.25, 0.3) is 5.89 Å². The summed E-state index contributed by atoms with van der Waals surface area (Å²) in [4.78, 5) is 4.38. The molecular formula is C15H19BrN2O3. The minimum Gasteiger partial charge on any atom is -0.507 e. The number of phenols is 1. The highest BCUT2D eigenvalue weighted by Crippen LogP contribution is 2.36. The van der Waals surface area contributed by atoms with E-state index in [-0.39, 0.29) is 23.2 Å². The van der Waals surface area contributed by atoms with Gasteiger partial charge in [0, 0.05) is 11.1 Å². The Labute approximate surface area is 132 Å². The average molecular weight is 355 g/mol. The summed E-state index contributed by atoms with van der Waals surface area (Å²) >= 11 is 3.36. The van der Waals surface area contributed by atoms with Gasteiger partial charge in [0.1, 0.15) is 11.9 Å². The highest BCUT2D eigenvalue weighted by molar-refractivity contribution is 9.10. The maximum Gasteiger partial charge on any atom is 0.261 e. The number of aromatic hydroxyl groups is 1. The lowest BCUT2D eigenvalue weighted by Crippen LogP contribution is -2.22. The Kier molecular flexibility index (Phi) is 4.68. The summed E-state index contributed by atoms with van der Waals surface area (Å²) in [6.45, 7) is 8.66. The average Bonchev–Trinajstić information content (AvgIpc) is 2.86. The number of rotatable bonds is 4. The summed E-state index contributed by atoms with van der Waals surface area (Å²) in [5, 5.41) is 13.9. The maximum atomic E-state index is 9.92. The number of hydrogen-bond donors (Lipinski definition) is 1. The van der Waals surface area contributed by atoms with Gasteiger partial charge in [-0.15, -0.1) is 0 Å². The van der Waals surface area contributed by atoms with Crippen molar-refractivity contribution < 1.29 is 14.4 Å². The van der Waals surface area contributed by atoms with Crippen molar-refractivity contribution in [2.75, 3.05) is 6.61 Å². The quantitative estimate of drug-likeness (QED) is 0.884. The number of phenolic OH excluding ortho intramolecular Hbond substituents is 1. The monoisotopic (exact) mass is 354 g/mol. The zero-order valence-corrected chi connectivity index (χ0v) is 14.1. The van der Waals surface area contributed by atoms with Gasteiger partial charge in [0.15, 0.2) is 0 Å². The Hall–Kier alpha value is -1.40. The zero-order chi connectivity index (χ0) is 15.6. The molecule has 1 aromatic heterocycles. The molecule has 0 aliphatic rings. The molecule has 1 unspecified atom stereocenters. The van der Waals surface area contributed by atoms with Crippen LogP contribution in [0.25, 0.3) is 11.5 Å². The van der Waals surface area contributed by atoms with Crippen LogP contribution in [0.5, 0.6) is 5.75 Å². The van der Waals surface area contributed by atoms with Crippen molar-refractivity contribution in [3.63, 3.8) is 0 Å². The fourth-order valence-electron chi connectivity index (χ4n) is 2.01. The topological polar surface area (TPSA) is 68.4 Å². The highest BCUT2D eigenvalue weighted by atomic mass is 79.9. The maximum absolute atomic E-state index is 9.92. The van der Waals surface area contributed by atoms with Crippen LogP contribution in [-0.2, 0) is 4.74 Å². The van der Waals surface area contributed by atoms with E-state index in [9.17, 15) is 5.11 Å². The van der Waals surface area contributed by atoms with E-state index in [1.54, 1.807) is 18.2 Å². The summed E-state index contributed by atoms with van der Waals surface area (Å²) in [6.07, 6.45) is -0.269. The molecule has 1 atom stereocenters. The number of ether oxygens (including phenoxy) is 1. The number of benzene rings is 1. The molecular weight excluding hydrogens is 336 g/mol. The second-order valence-electron chi connectivity index (χ2n) is 5.82. The number of halogens is 1. The summed E-state index contributed by atoms with van der Waals surface area (Å²) in [7, 11) is 0. The van der Waals surface area contributed by atoms with Crippen LogP contribution in [-0.4, -0.2) is 21.9 Å². The summed E-state index contributed by atoms with van der Waals surface area (Å²) in [6, 6.07) is 5.06. The fraction of sp³-hybridized carbons (Fsp3) is 0.467. The van der Waals surface area contributed by atoms with Crippen molar-refractivity contribution in [3.05, 3.63) is 28.5 Å². The Morgan fingerprint density at radius 1 is 1.38 bits per heavy atom. The third kappa shape index (κ3) is 3.63. The van der Waals surface area contributed by atoms with Crippen LogP contribution in [0.2, 0.25) is 0 Å². The molecule has 1 N–H and O–H groups in total. The van der Waals surface area contributed by atoms with Crippen molar-refractivity contribution in [2.24, 2.45) is 5.41 Å². The molecule has 0 spiro atoms. The molecule has 0 radical (unpaired) electrons. The third-order valence-electron chi connectivity index (χ3n) is 2.99. The summed E-state index contributed by atoms with van der Waals surface area (Å²) in [5.41, 5.74) is 0.337. The first-order valence-electron chi connectivity index (χ1n) is 6.77. The molecule has 1 aromatic carbocycles. The second-order valence-corrected chi connectivity index (χ2v) is 6.74. The van der Waals surface area contributed by atoms with Crippen molar-refractivity contribution >= 4 is 15.9 Å². The largest absolute Gasteiger partial charge is 0.507 e. The molecule has 0 saturated heterocycles. The molecule has 0 amide bonds. The number of hydrogen-bond acceptors (Lipinski definition) is 5. The molecule has 0 saturated carbocycles. The van der Waals surface area contributed by atoms with Crippen LogP contribution in [0.1, 0.15) is 39.6 Å². The first-order valence-corrected chi connectivity index (χ1v) is 7.56. The molecule has 6 heteroatoms. The van der Waals surface area contributed by atoms with Gasteiger partial charge in [-0.25, -0.2) is 0 Å². The second kappa shape index (κ2) is 6.15. The lowest BCUT2D eigenvalue weighted by molar-refractivity contribution is -0.0203. The van der Waals surface area contributed by atoms with E-state index in [2.05, 4.69) is 46.8 Å². The molecule has 0 aliphatic heterocycles. The standard InChI is InChI=1S/C15H19BrN2O3/c1-5-20-12(15(2,3)4)13-17-14(21-18-13)10-8-9(16)6-7-11(10)19/h6-8,12,19H,5H2,1-4H3. The highest BCUT2D eigenvalue weighted by Gasteiger charge is 2.31. The number of nitrogens with zero attached hydrogens (tertiary/aromatic N) is 2. The zero-order valence-electron chi connectivity index (χ0n) is 12.6. The molecule has 2 aromatic rings. The first-order chi connectivity index (χ1) is 9.82. The Morgan fingerprint density at radius 3 is 2.71 bits per heavy atom. The van der Waals surface area contributed by atoms with E-state index < -0.39 is 0 Å². The van der Waals surface area contributed by atoms with Crippen LogP contribution >= 0.6 is 15.9 Å². The minimum absolute atomic E-state index is 0.0946. The van der Waals surface area contributed by atoms with Crippen LogP contribution in [0.15, 0.2) is 27.2 Å². The third-order valence-corrected chi connectivity index (χ3v) is 3.48. The van der Waals surface area contributed by atoms with Crippen molar-refractivity contribution in [2.45, 2.75) is 33.8 Å². The molecule has 1 heterocycles. The molecule has 21 heavy (non-hydrogen) atoms. The van der Waals surface area contributed by atoms with Gasteiger partial charge in [0.05, 0.1) is 5.56 Å². The molecule has 5 nitrogen and oxygen atoms in total. The van der Waals surface area contributed by atoms with E-state index in [1.165, 1.54) is 0 Å². The van der Waals surface area contributed by atoms with Crippen molar-refractivity contribution in [1.82, 2.24) is 10.1 Å². The summed E-state index contributed by atoms with van der Waals surface area (Å²) < 4.78 is 11.9. The van der Waals surface area contributed by atoms with Gasteiger partial charge >= 0.3 is 0 Å². The van der Waals surface area contributed by atoms with E-state index in [4.69, 9.17) is 9.26 Å². The normalized spacial score (nSPS) is 13.4. The summed E-state index contributed by atoms with van der Waals surface area (Å²) in [5.74, 6) is 0.855. The van der Waals surface area contributed by atoms with Crippen LogP contribution in [0.4, 0.5) is 0 Å². The minimum atomic E-state index is -0.269. The van der Waals surface area contributed by atoms with Gasteiger partial charge in [-0.3, -0.25) is 0 Å². The van der Waals surface area contributed by atoms with Gasteiger partial charge in [-0.2, -0.15) is 4.98 Å². The van der Waals surface area contributed by atoms with Gasteiger partial charge in [-0.1, -0.05) is 41.9 Å². The fourth-order valence-corrected chi connectivity index (χ4v) is 2.37. The predicted molar refractivity (Wildman–Crippen MR) is 82.9 cm³/mol. The van der Waals surface area contributed by atoms with Crippen LogP contribution in [0.3, 0.4) is 0 Å². The predicted octanol–water partition coefficient (Wildman–Crippen LogP) is 4.33. The first kappa shape index (κ1) is 16.0. The van der Waals surface area contributed by atoms with Gasteiger partial charge in [0.2, 0.25) is 5.82 Å². The Morgan fingerprint density at radius 2 is 2.10 bits per heavy atom. The van der Waals surface area contributed by atoms with Gasteiger partial charge < -0.3 is 14.4 Å².